The highest BCUT2D eigenvalue weighted by molar-refractivity contribution is 7.89. The minimum Gasteiger partial charge on any atom is -0.486 e. The van der Waals surface area contributed by atoms with Gasteiger partial charge in [0.2, 0.25) is 10.0 Å². The van der Waals surface area contributed by atoms with Gasteiger partial charge in [0, 0.05) is 30.4 Å². The Labute approximate surface area is 193 Å². The number of sulfonamides is 1. The lowest BCUT2D eigenvalue weighted by Gasteiger charge is -2.19. The van der Waals surface area contributed by atoms with Crippen molar-refractivity contribution < 1.29 is 22.7 Å². The zero-order valence-corrected chi connectivity index (χ0v) is 18.8. The number of carbonyl (C=O) groups excluding carboxylic acids is 1. The van der Waals surface area contributed by atoms with Crippen molar-refractivity contribution in [2.24, 2.45) is 0 Å². The van der Waals surface area contributed by atoms with Crippen LogP contribution < -0.4 is 14.8 Å². The van der Waals surface area contributed by atoms with E-state index >= 15 is 0 Å². The molecule has 0 aliphatic carbocycles. The van der Waals surface area contributed by atoms with E-state index in [0.29, 0.717) is 53.9 Å². The molecule has 170 valence electrons. The van der Waals surface area contributed by atoms with Crippen LogP contribution in [0.5, 0.6) is 11.5 Å². The standard InChI is InChI=1S/C25H24N2O5S/c28-25(26-21-8-11-23-24(17-21)32-15-14-31-23)20-5-3-4-19(16-20)18-6-9-22(10-7-18)33(29,30)27-12-1-2-13-27/h3-11,16-17H,1-2,12-15H2,(H,26,28). The Kier molecular flexibility index (Phi) is 5.78. The van der Waals surface area contributed by atoms with Crippen molar-refractivity contribution >= 4 is 21.6 Å². The lowest BCUT2D eigenvalue weighted by Crippen LogP contribution is -2.27. The number of carbonyl (C=O) groups is 1. The maximum Gasteiger partial charge on any atom is 0.255 e. The van der Waals surface area contributed by atoms with Crippen molar-refractivity contribution in [1.29, 1.82) is 0 Å². The summed E-state index contributed by atoms with van der Waals surface area (Å²) in [7, 11) is -3.45. The number of fused-ring (bicyclic) bond motifs is 1. The van der Waals surface area contributed by atoms with Gasteiger partial charge in [-0.25, -0.2) is 8.42 Å². The molecule has 5 rings (SSSR count). The molecule has 7 nitrogen and oxygen atoms in total. The quantitative estimate of drug-likeness (QED) is 0.613. The summed E-state index contributed by atoms with van der Waals surface area (Å²) in [4.78, 5) is 13.1. The lowest BCUT2D eigenvalue weighted by atomic mass is 10.0. The van der Waals surface area contributed by atoms with Crippen LogP contribution in [-0.4, -0.2) is 44.9 Å². The van der Waals surface area contributed by atoms with Crippen molar-refractivity contribution in [3.63, 3.8) is 0 Å². The first-order chi connectivity index (χ1) is 16.0. The minimum absolute atomic E-state index is 0.248. The fourth-order valence-corrected chi connectivity index (χ4v) is 5.58. The first-order valence-electron chi connectivity index (χ1n) is 10.9. The maximum absolute atomic E-state index is 12.8. The predicted molar refractivity (Wildman–Crippen MR) is 125 cm³/mol. The molecular weight excluding hydrogens is 440 g/mol. The fourth-order valence-electron chi connectivity index (χ4n) is 4.06. The molecule has 0 unspecified atom stereocenters. The zero-order chi connectivity index (χ0) is 22.8. The van der Waals surface area contributed by atoms with Crippen LogP contribution in [0.1, 0.15) is 23.2 Å². The molecule has 3 aromatic rings. The number of amides is 1. The van der Waals surface area contributed by atoms with Crippen molar-refractivity contribution in [2.45, 2.75) is 17.7 Å². The summed E-state index contributed by atoms with van der Waals surface area (Å²) in [6.45, 7) is 2.14. The lowest BCUT2D eigenvalue weighted by molar-refractivity contribution is 0.102. The monoisotopic (exact) mass is 464 g/mol. The Morgan fingerprint density at radius 1 is 0.818 bits per heavy atom. The molecule has 0 saturated carbocycles. The number of hydrogen-bond donors (Lipinski definition) is 1. The Hall–Kier alpha value is -3.36. The molecule has 33 heavy (non-hydrogen) atoms. The van der Waals surface area contributed by atoms with Gasteiger partial charge in [0.25, 0.3) is 5.91 Å². The van der Waals surface area contributed by atoms with Crippen LogP contribution >= 0.6 is 0 Å². The molecule has 1 saturated heterocycles. The van der Waals surface area contributed by atoms with E-state index in [1.165, 1.54) is 4.31 Å². The number of anilines is 1. The van der Waals surface area contributed by atoms with E-state index in [0.717, 1.165) is 24.0 Å². The third-order valence-corrected chi connectivity index (χ3v) is 7.73. The number of ether oxygens (including phenoxy) is 2. The number of rotatable bonds is 5. The molecule has 0 aromatic heterocycles. The average Bonchev–Trinajstić information content (AvgIpc) is 3.40. The molecule has 2 aliphatic heterocycles. The van der Waals surface area contributed by atoms with Gasteiger partial charge >= 0.3 is 0 Å². The van der Waals surface area contributed by atoms with Gasteiger partial charge in [0.05, 0.1) is 4.90 Å². The van der Waals surface area contributed by atoms with Crippen LogP contribution in [0, 0.1) is 0 Å². The normalized spacial score (nSPS) is 15.9. The Bertz CT molecular complexity index is 1280. The fraction of sp³-hybridized carbons (Fsp3) is 0.240. The summed E-state index contributed by atoms with van der Waals surface area (Å²) in [5.74, 6) is 1.02. The molecule has 0 bridgehead atoms. The highest BCUT2D eigenvalue weighted by Crippen LogP contribution is 2.33. The van der Waals surface area contributed by atoms with Crippen LogP contribution in [0.4, 0.5) is 5.69 Å². The number of hydrogen-bond acceptors (Lipinski definition) is 5. The largest absolute Gasteiger partial charge is 0.486 e. The molecule has 1 N–H and O–H groups in total. The third kappa shape index (κ3) is 4.44. The maximum atomic E-state index is 12.8. The minimum atomic E-state index is -3.45. The molecular formula is C25H24N2O5S. The van der Waals surface area contributed by atoms with Crippen LogP contribution in [0.15, 0.2) is 71.6 Å². The summed E-state index contributed by atoms with van der Waals surface area (Å²) in [5, 5.41) is 2.89. The van der Waals surface area contributed by atoms with Gasteiger partial charge in [-0.2, -0.15) is 4.31 Å². The van der Waals surface area contributed by atoms with Crippen LogP contribution in [0.3, 0.4) is 0 Å². The van der Waals surface area contributed by atoms with E-state index in [-0.39, 0.29) is 5.91 Å². The van der Waals surface area contributed by atoms with Gasteiger partial charge in [-0.1, -0.05) is 24.3 Å². The second-order valence-corrected chi connectivity index (χ2v) is 9.97. The Balaban J connectivity index is 1.33. The van der Waals surface area contributed by atoms with Gasteiger partial charge < -0.3 is 14.8 Å². The van der Waals surface area contributed by atoms with Crippen LogP contribution in [0.25, 0.3) is 11.1 Å². The van der Waals surface area contributed by atoms with Crippen molar-refractivity contribution in [2.75, 3.05) is 31.6 Å². The van der Waals surface area contributed by atoms with E-state index in [4.69, 9.17) is 9.47 Å². The van der Waals surface area contributed by atoms with Gasteiger partial charge in [-0.3, -0.25) is 4.79 Å². The van der Waals surface area contributed by atoms with E-state index < -0.39 is 10.0 Å². The first kappa shape index (κ1) is 21.5. The number of benzene rings is 3. The summed E-state index contributed by atoms with van der Waals surface area (Å²) in [6, 6.07) is 19.3. The molecule has 0 spiro atoms. The molecule has 8 heteroatoms. The summed E-state index contributed by atoms with van der Waals surface area (Å²) >= 11 is 0. The van der Waals surface area contributed by atoms with E-state index in [2.05, 4.69) is 5.32 Å². The summed E-state index contributed by atoms with van der Waals surface area (Å²) < 4.78 is 38.1. The second kappa shape index (κ2) is 8.88. The second-order valence-electron chi connectivity index (χ2n) is 8.03. The van der Waals surface area contributed by atoms with Gasteiger partial charge in [0.15, 0.2) is 11.5 Å². The molecule has 2 aliphatic rings. The van der Waals surface area contributed by atoms with E-state index in [1.807, 2.05) is 12.1 Å². The van der Waals surface area contributed by atoms with Gasteiger partial charge in [-0.15, -0.1) is 0 Å². The SMILES string of the molecule is O=C(Nc1ccc2c(c1)OCCO2)c1cccc(-c2ccc(S(=O)(=O)N3CCCC3)cc2)c1. The van der Waals surface area contributed by atoms with Crippen molar-refractivity contribution in [3.05, 3.63) is 72.3 Å². The van der Waals surface area contributed by atoms with Crippen molar-refractivity contribution in [1.82, 2.24) is 4.31 Å². The topological polar surface area (TPSA) is 84.9 Å². The highest BCUT2D eigenvalue weighted by atomic mass is 32.2. The third-order valence-electron chi connectivity index (χ3n) is 5.82. The molecule has 1 amide bonds. The molecule has 2 heterocycles. The van der Waals surface area contributed by atoms with Crippen LogP contribution in [-0.2, 0) is 10.0 Å². The number of nitrogens with one attached hydrogen (secondary N) is 1. The summed E-state index contributed by atoms with van der Waals surface area (Å²) in [5.41, 5.74) is 2.78. The Morgan fingerprint density at radius 2 is 1.55 bits per heavy atom. The first-order valence-corrected chi connectivity index (χ1v) is 12.4. The molecule has 3 aromatic carbocycles. The van der Waals surface area contributed by atoms with E-state index in [1.54, 1.807) is 54.6 Å². The zero-order valence-electron chi connectivity index (χ0n) is 18.0. The van der Waals surface area contributed by atoms with Crippen molar-refractivity contribution in [3.8, 4) is 22.6 Å². The summed E-state index contributed by atoms with van der Waals surface area (Å²) in [6.07, 6.45) is 1.80. The highest BCUT2D eigenvalue weighted by Gasteiger charge is 2.27. The molecule has 0 radical (unpaired) electrons. The van der Waals surface area contributed by atoms with Gasteiger partial charge in [0.1, 0.15) is 13.2 Å². The van der Waals surface area contributed by atoms with Crippen LogP contribution in [0.2, 0.25) is 0 Å². The Morgan fingerprint density at radius 3 is 2.30 bits per heavy atom. The smallest absolute Gasteiger partial charge is 0.255 e. The number of nitrogens with zero attached hydrogens (tertiary/aromatic N) is 1. The molecule has 0 atom stereocenters. The molecule has 1 fully saturated rings. The average molecular weight is 465 g/mol. The predicted octanol–water partition coefficient (Wildman–Crippen LogP) is 4.16. The van der Waals surface area contributed by atoms with E-state index in [9.17, 15) is 13.2 Å². The van der Waals surface area contributed by atoms with Gasteiger partial charge in [-0.05, 0) is 60.4 Å².